The summed E-state index contributed by atoms with van der Waals surface area (Å²) in [4.78, 5) is 12.6. The van der Waals surface area contributed by atoms with Crippen molar-refractivity contribution in [2.45, 2.75) is 129 Å². The Morgan fingerprint density at radius 2 is 1.03 bits per heavy atom. The molecule has 0 saturated carbocycles. The number of rotatable bonds is 20. The summed E-state index contributed by atoms with van der Waals surface area (Å²) < 4.78 is 0. The number of hydrogen-bond donors (Lipinski definition) is 0. The van der Waals surface area contributed by atoms with E-state index in [-0.39, 0.29) is 5.92 Å². The van der Waals surface area contributed by atoms with E-state index in [4.69, 9.17) is 0 Å². The van der Waals surface area contributed by atoms with E-state index >= 15 is 0 Å². The van der Waals surface area contributed by atoms with E-state index in [1.54, 1.807) is 0 Å². The topological polar surface area (TPSA) is 17.1 Å². The number of carbonyl (C=O) groups excluding carboxylic acids is 1. The molecule has 166 valence electrons. The molecule has 1 atom stereocenters. The fourth-order valence-electron chi connectivity index (χ4n) is 4.30. The van der Waals surface area contributed by atoms with Crippen LogP contribution < -0.4 is 0 Å². The molecule has 29 heavy (non-hydrogen) atoms. The van der Waals surface area contributed by atoms with Crippen LogP contribution in [-0.2, 0) is 0 Å². The third kappa shape index (κ3) is 13.7. The molecule has 0 fully saturated rings. The van der Waals surface area contributed by atoms with E-state index in [0.717, 1.165) is 18.4 Å². The van der Waals surface area contributed by atoms with Crippen LogP contribution in [0.5, 0.6) is 0 Å². The molecular formula is C28H48O. The predicted molar refractivity (Wildman–Crippen MR) is 129 cm³/mol. The van der Waals surface area contributed by atoms with Gasteiger partial charge in [-0.25, -0.2) is 0 Å². The van der Waals surface area contributed by atoms with Crippen molar-refractivity contribution in [3.8, 4) is 0 Å². The summed E-state index contributed by atoms with van der Waals surface area (Å²) in [6.07, 6.45) is 24.4. The maximum atomic E-state index is 12.6. The lowest BCUT2D eigenvalue weighted by Gasteiger charge is -2.13. The third-order valence-corrected chi connectivity index (χ3v) is 6.33. The van der Waals surface area contributed by atoms with Crippen molar-refractivity contribution in [3.63, 3.8) is 0 Å². The maximum absolute atomic E-state index is 12.6. The van der Waals surface area contributed by atoms with E-state index in [0.29, 0.717) is 5.78 Å². The minimum atomic E-state index is 0.212. The van der Waals surface area contributed by atoms with Gasteiger partial charge in [0.1, 0.15) is 0 Å². The summed E-state index contributed by atoms with van der Waals surface area (Å²) in [5.74, 6) is 0.554. The van der Waals surface area contributed by atoms with Gasteiger partial charge in [0.2, 0.25) is 0 Å². The maximum Gasteiger partial charge on any atom is 0.165 e. The Balaban J connectivity index is 1.88. The van der Waals surface area contributed by atoms with Gasteiger partial charge in [0.05, 0.1) is 0 Å². The van der Waals surface area contributed by atoms with Crippen LogP contribution in [0.25, 0.3) is 0 Å². The number of unbranched alkanes of at least 4 members (excludes halogenated alkanes) is 15. The lowest BCUT2D eigenvalue weighted by molar-refractivity contribution is 0.0907. The number of hydrogen-bond acceptors (Lipinski definition) is 1. The van der Waals surface area contributed by atoms with Crippen LogP contribution >= 0.6 is 0 Å². The Morgan fingerprint density at radius 1 is 0.621 bits per heavy atom. The first kappa shape index (κ1) is 25.9. The lowest BCUT2D eigenvalue weighted by Crippen LogP contribution is -2.13. The highest BCUT2D eigenvalue weighted by Crippen LogP contribution is 2.20. The van der Waals surface area contributed by atoms with Crippen molar-refractivity contribution in [1.82, 2.24) is 0 Å². The van der Waals surface area contributed by atoms with Crippen LogP contribution in [0.3, 0.4) is 0 Å². The second kappa shape index (κ2) is 18.9. The highest BCUT2D eigenvalue weighted by Gasteiger charge is 2.17. The normalized spacial score (nSPS) is 12.2. The molecule has 0 saturated heterocycles. The van der Waals surface area contributed by atoms with Crippen molar-refractivity contribution in [1.29, 1.82) is 0 Å². The van der Waals surface area contributed by atoms with E-state index in [1.807, 2.05) is 30.3 Å². The van der Waals surface area contributed by atoms with Gasteiger partial charge in [0.15, 0.2) is 5.78 Å². The zero-order valence-electron chi connectivity index (χ0n) is 19.6. The van der Waals surface area contributed by atoms with Gasteiger partial charge in [0, 0.05) is 11.5 Å². The second-order valence-electron chi connectivity index (χ2n) is 8.93. The summed E-state index contributed by atoms with van der Waals surface area (Å²) >= 11 is 0. The Kier molecular flexibility index (Phi) is 16.9. The van der Waals surface area contributed by atoms with Crippen molar-refractivity contribution in [2.75, 3.05) is 0 Å². The molecule has 0 spiro atoms. The summed E-state index contributed by atoms with van der Waals surface area (Å²) in [5, 5.41) is 0. The van der Waals surface area contributed by atoms with Crippen LogP contribution in [0.2, 0.25) is 0 Å². The minimum Gasteiger partial charge on any atom is -0.294 e. The molecule has 0 amide bonds. The van der Waals surface area contributed by atoms with Crippen molar-refractivity contribution in [3.05, 3.63) is 35.9 Å². The quantitative estimate of drug-likeness (QED) is 0.157. The monoisotopic (exact) mass is 400 g/mol. The predicted octanol–water partition coefficient (Wildman–Crippen LogP) is 9.55. The summed E-state index contributed by atoms with van der Waals surface area (Å²) in [5.41, 5.74) is 0.885. The van der Waals surface area contributed by atoms with Crippen LogP contribution in [0.4, 0.5) is 0 Å². The van der Waals surface area contributed by atoms with Gasteiger partial charge in [-0.15, -0.1) is 0 Å². The van der Waals surface area contributed by atoms with Gasteiger partial charge >= 0.3 is 0 Å². The summed E-state index contributed by atoms with van der Waals surface area (Å²) in [6.45, 7) is 4.44. The van der Waals surface area contributed by atoms with E-state index < -0.39 is 0 Å². The molecule has 0 heterocycles. The average Bonchev–Trinajstić information content (AvgIpc) is 2.76. The van der Waals surface area contributed by atoms with Gasteiger partial charge in [-0.3, -0.25) is 4.79 Å². The fourth-order valence-corrected chi connectivity index (χ4v) is 4.30. The standard InChI is InChI=1S/C28H48O/c1-3-5-6-7-8-9-10-11-12-13-14-15-16-17-18-20-23-26(4-2)28(29)27-24-21-19-22-25-27/h19,21-22,24-26H,3-18,20,23H2,1-2H3. The minimum absolute atomic E-state index is 0.212. The van der Waals surface area contributed by atoms with Gasteiger partial charge in [-0.1, -0.05) is 147 Å². The molecule has 0 aromatic heterocycles. The molecule has 1 aromatic carbocycles. The van der Waals surface area contributed by atoms with Crippen LogP contribution in [-0.4, -0.2) is 5.78 Å². The largest absolute Gasteiger partial charge is 0.294 e. The highest BCUT2D eigenvalue weighted by molar-refractivity contribution is 5.97. The van der Waals surface area contributed by atoms with Crippen LogP contribution in [0.15, 0.2) is 30.3 Å². The number of benzene rings is 1. The third-order valence-electron chi connectivity index (χ3n) is 6.33. The van der Waals surface area contributed by atoms with Crippen molar-refractivity contribution in [2.24, 2.45) is 5.92 Å². The molecule has 1 heteroatoms. The molecule has 1 rings (SSSR count). The number of carbonyl (C=O) groups is 1. The SMILES string of the molecule is CCCCCCCCCCCCCCCCCCC(CC)C(=O)c1ccccc1. The molecule has 0 aliphatic heterocycles. The van der Waals surface area contributed by atoms with Gasteiger partial charge < -0.3 is 0 Å². The number of Topliss-reactive ketones (excluding diaryl/α,β-unsaturated/α-hetero) is 1. The zero-order valence-corrected chi connectivity index (χ0v) is 19.6. The zero-order chi connectivity index (χ0) is 21.0. The first-order valence-electron chi connectivity index (χ1n) is 12.9. The molecular weight excluding hydrogens is 352 g/mol. The molecule has 1 nitrogen and oxygen atoms in total. The first-order chi connectivity index (χ1) is 14.3. The molecule has 1 aromatic rings. The molecule has 0 aliphatic carbocycles. The highest BCUT2D eigenvalue weighted by atomic mass is 16.1. The molecule has 0 N–H and O–H groups in total. The number of ketones is 1. The fraction of sp³-hybridized carbons (Fsp3) is 0.750. The van der Waals surface area contributed by atoms with Gasteiger partial charge in [-0.2, -0.15) is 0 Å². The van der Waals surface area contributed by atoms with E-state index in [9.17, 15) is 4.79 Å². The Labute approximate surface area is 182 Å². The smallest absolute Gasteiger partial charge is 0.165 e. The average molecular weight is 401 g/mol. The van der Waals surface area contributed by atoms with Crippen LogP contribution in [0, 0.1) is 5.92 Å². The molecule has 1 unspecified atom stereocenters. The van der Waals surface area contributed by atoms with E-state index in [1.165, 1.54) is 103 Å². The van der Waals surface area contributed by atoms with Crippen molar-refractivity contribution >= 4 is 5.78 Å². The summed E-state index contributed by atoms with van der Waals surface area (Å²) in [6, 6.07) is 9.83. The lowest BCUT2D eigenvalue weighted by atomic mass is 9.90. The second-order valence-corrected chi connectivity index (χ2v) is 8.93. The molecule has 0 radical (unpaired) electrons. The Hall–Kier alpha value is -1.11. The molecule has 0 aliphatic rings. The Morgan fingerprint density at radius 3 is 1.45 bits per heavy atom. The summed E-state index contributed by atoms with van der Waals surface area (Å²) in [7, 11) is 0. The Bertz CT molecular complexity index is 478. The van der Waals surface area contributed by atoms with E-state index in [2.05, 4.69) is 13.8 Å². The van der Waals surface area contributed by atoms with Gasteiger partial charge in [0.25, 0.3) is 0 Å². The first-order valence-corrected chi connectivity index (χ1v) is 12.9. The van der Waals surface area contributed by atoms with Crippen LogP contribution in [0.1, 0.15) is 140 Å². The van der Waals surface area contributed by atoms with Crippen molar-refractivity contribution < 1.29 is 4.79 Å². The molecule has 0 bridgehead atoms. The van der Waals surface area contributed by atoms with Gasteiger partial charge in [-0.05, 0) is 12.8 Å².